The van der Waals surface area contributed by atoms with Crippen LogP contribution in [-0.2, 0) is 4.79 Å². The Bertz CT molecular complexity index is 366. The third-order valence-electron chi connectivity index (χ3n) is 4.77. The fourth-order valence-electron chi connectivity index (χ4n) is 3.45. The van der Waals surface area contributed by atoms with Crippen molar-refractivity contribution in [1.29, 1.82) is 0 Å². The molecule has 0 aromatic carbocycles. The van der Waals surface area contributed by atoms with Crippen molar-refractivity contribution in [3.63, 3.8) is 0 Å². The van der Waals surface area contributed by atoms with E-state index in [1.807, 2.05) is 0 Å². The Hall–Kier alpha value is -1.07. The van der Waals surface area contributed by atoms with Crippen molar-refractivity contribution in [1.82, 2.24) is 0 Å². The Kier molecular flexibility index (Phi) is 8.49. The number of carbonyl (C=O) groups is 1. The molecular formula is C17H30O5. The molecule has 4 N–H and O–H groups in total. The summed E-state index contributed by atoms with van der Waals surface area (Å²) in [5.41, 5.74) is 0. The summed E-state index contributed by atoms with van der Waals surface area (Å²) in [7, 11) is 0. The highest BCUT2D eigenvalue weighted by Crippen LogP contribution is 2.39. The number of hydrogen-bond acceptors (Lipinski definition) is 4. The molecular weight excluding hydrogens is 284 g/mol. The second-order valence-corrected chi connectivity index (χ2v) is 6.36. The van der Waals surface area contributed by atoms with Crippen molar-refractivity contribution in [3.8, 4) is 0 Å². The molecule has 1 saturated carbocycles. The zero-order chi connectivity index (χ0) is 16.5. The minimum absolute atomic E-state index is 0.0381. The molecule has 5 heteroatoms. The number of carboxylic acid groups (broad SMARTS) is 1. The van der Waals surface area contributed by atoms with Crippen LogP contribution in [0, 0.1) is 11.8 Å². The molecule has 1 rings (SSSR count). The van der Waals surface area contributed by atoms with Gasteiger partial charge in [-0.1, -0.05) is 19.3 Å². The molecule has 5 nitrogen and oxygen atoms in total. The van der Waals surface area contributed by atoms with Crippen molar-refractivity contribution >= 4 is 5.97 Å². The number of hydrogen-bond donors (Lipinski definition) is 4. The van der Waals surface area contributed by atoms with Gasteiger partial charge >= 0.3 is 5.97 Å². The molecule has 0 aromatic rings. The minimum atomic E-state index is -0.752. The fraction of sp³-hybridized carbons (Fsp3) is 0.824. The Labute approximate surface area is 132 Å². The van der Waals surface area contributed by atoms with E-state index in [0.29, 0.717) is 31.4 Å². The molecule has 4 atom stereocenters. The average Bonchev–Trinajstić information content (AvgIpc) is 2.73. The van der Waals surface area contributed by atoms with Gasteiger partial charge in [0.15, 0.2) is 0 Å². The molecule has 1 fully saturated rings. The zero-order valence-electron chi connectivity index (χ0n) is 13.4. The fourth-order valence-corrected chi connectivity index (χ4v) is 3.45. The first-order chi connectivity index (χ1) is 10.5. The second kappa shape index (κ2) is 9.85. The van der Waals surface area contributed by atoms with Crippen LogP contribution in [0.25, 0.3) is 0 Å². The Morgan fingerprint density at radius 3 is 2.14 bits per heavy atom. The maximum absolute atomic E-state index is 10.4. The molecule has 0 bridgehead atoms. The second-order valence-electron chi connectivity index (χ2n) is 6.36. The van der Waals surface area contributed by atoms with Gasteiger partial charge in [-0.05, 0) is 50.5 Å². The summed E-state index contributed by atoms with van der Waals surface area (Å²) in [6, 6.07) is 0. The van der Waals surface area contributed by atoms with Gasteiger partial charge in [-0.3, -0.25) is 4.79 Å². The average molecular weight is 314 g/mol. The van der Waals surface area contributed by atoms with E-state index in [1.54, 1.807) is 13.0 Å². The smallest absolute Gasteiger partial charge is 0.303 e. The molecule has 0 amide bonds. The van der Waals surface area contributed by atoms with Crippen molar-refractivity contribution < 1.29 is 25.2 Å². The van der Waals surface area contributed by atoms with Gasteiger partial charge in [0.2, 0.25) is 0 Å². The lowest BCUT2D eigenvalue weighted by Gasteiger charge is -2.23. The SMILES string of the molecule is C/C=C(\O)CC[C@@H]1[C@@H](CCCCCCC(=O)O)[C@@H](O)C[C@H]1O. The minimum Gasteiger partial charge on any atom is -0.513 e. The van der Waals surface area contributed by atoms with E-state index in [2.05, 4.69) is 0 Å². The largest absolute Gasteiger partial charge is 0.513 e. The third-order valence-corrected chi connectivity index (χ3v) is 4.77. The highest BCUT2D eigenvalue weighted by Gasteiger charge is 2.40. The molecule has 22 heavy (non-hydrogen) atoms. The van der Waals surface area contributed by atoms with Crippen LogP contribution in [0.1, 0.15) is 64.7 Å². The van der Waals surface area contributed by atoms with Crippen molar-refractivity contribution in [2.24, 2.45) is 11.8 Å². The van der Waals surface area contributed by atoms with E-state index >= 15 is 0 Å². The van der Waals surface area contributed by atoms with Gasteiger partial charge in [0, 0.05) is 12.8 Å². The number of aliphatic carboxylic acids is 1. The van der Waals surface area contributed by atoms with Gasteiger partial charge in [0.1, 0.15) is 0 Å². The number of aliphatic hydroxyl groups excluding tert-OH is 3. The maximum atomic E-state index is 10.4. The van der Waals surface area contributed by atoms with Gasteiger partial charge < -0.3 is 20.4 Å². The zero-order valence-corrected chi connectivity index (χ0v) is 13.4. The first kappa shape index (κ1) is 19.0. The molecule has 0 spiro atoms. The van der Waals surface area contributed by atoms with E-state index < -0.39 is 18.2 Å². The Morgan fingerprint density at radius 2 is 1.55 bits per heavy atom. The van der Waals surface area contributed by atoms with Crippen LogP contribution in [0.3, 0.4) is 0 Å². The third kappa shape index (κ3) is 6.36. The van der Waals surface area contributed by atoms with E-state index in [1.165, 1.54) is 0 Å². The van der Waals surface area contributed by atoms with Crippen molar-refractivity contribution in [2.45, 2.75) is 76.9 Å². The van der Waals surface area contributed by atoms with Crippen molar-refractivity contribution in [3.05, 3.63) is 11.8 Å². The summed E-state index contributed by atoms with van der Waals surface area (Å²) >= 11 is 0. The summed E-state index contributed by atoms with van der Waals surface area (Å²) in [5.74, 6) is -0.297. The predicted molar refractivity (Wildman–Crippen MR) is 84.6 cm³/mol. The normalized spacial score (nSPS) is 29.0. The van der Waals surface area contributed by atoms with Gasteiger partial charge in [-0.2, -0.15) is 0 Å². The first-order valence-corrected chi connectivity index (χ1v) is 8.37. The molecule has 1 aliphatic carbocycles. The van der Waals surface area contributed by atoms with Gasteiger partial charge in [-0.25, -0.2) is 0 Å². The molecule has 0 aliphatic heterocycles. The molecule has 0 heterocycles. The van der Waals surface area contributed by atoms with Crippen LogP contribution in [0.4, 0.5) is 0 Å². The van der Waals surface area contributed by atoms with Gasteiger partial charge in [0.25, 0.3) is 0 Å². The molecule has 128 valence electrons. The number of rotatable bonds is 10. The summed E-state index contributed by atoms with van der Waals surface area (Å²) in [6.45, 7) is 1.78. The monoisotopic (exact) mass is 314 g/mol. The molecule has 0 radical (unpaired) electrons. The van der Waals surface area contributed by atoms with Crippen LogP contribution in [0.5, 0.6) is 0 Å². The predicted octanol–water partition coefficient (Wildman–Crippen LogP) is 3.01. The van der Waals surface area contributed by atoms with E-state index in [4.69, 9.17) is 5.11 Å². The highest BCUT2D eigenvalue weighted by atomic mass is 16.4. The molecule has 0 saturated heterocycles. The van der Waals surface area contributed by atoms with E-state index in [0.717, 1.165) is 25.7 Å². The summed E-state index contributed by atoms with van der Waals surface area (Å²) in [5, 5.41) is 38.3. The number of carboxylic acids is 1. The van der Waals surface area contributed by atoms with Crippen LogP contribution < -0.4 is 0 Å². The standard InChI is InChI=1S/C17H30O5/c1-2-12(18)9-10-14-13(15(19)11-16(14)20)7-5-3-4-6-8-17(21)22/h2,13-16,18-20H,3-11H2,1H3,(H,21,22)/b12-2-/t13-,14-,15+,16-/m1/s1. The Balaban J connectivity index is 2.33. The number of allylic oxidation sites excluding steroid dienone is 2. The van der Waals surface area contributed by atoms with E-state index in [9.17, 15) is 20.1 Å². The molecule has 0 unspecified atom stereocenters. The molecule has 1 aliphatic rings. The van der Waals surface area contributed by atoms with Crippen molar-refractivity contribution in [2.75, 3.05) is 0 Å². The topological polar surface area (TPSA) is 98.0 Å². The highest BCUT2D eigenvalue weighted by molar-refractivity contribution is 5.66. The van der Waals surface area contributed by atoms with Gasteiger partial charge in [-0.15, -0.1) is 0 Å². The lowest BCUT2D eigenvalue weighted by Crippen LogP contribution is -2.22. The van der Waals surface area contributed by atoms with E-state index in [-0.39, 0.29) is 18.3 Å². The quantitative estimate of drug-likeness (QED) is 0.367. The molecule has 0 aromatic heterocycles. The van der Waals surface area contributed by atoms with Crippen LogP contribution in [0.2, 0.25) is 0 Å². The summed E-state index contributed by atoms with van der Waals surface area (Å²) < 4.78 is 0. The maximum Gasteiger partial charge on any atom is 0.303 e. The van der Waals surface area contributed by atoms with Gasteiger partial charge in [0.05, 0.1) is 18.0 Å². The van der Waals surface area contributed by atoms with Crippen LogP contribution in [-0.4, -0.2) is 38.6 Å². The number of unbranched alkanes of at least 4 members (excludes halogenated alkanes) is 3. The number of aliphatic hydroxyl groups is 3. The summed E-state index contributed by atoms with van der Waals surface area (Å²) in [6.07, 6.45) is 6.93. The van der Waals surface area contributed by atoms with Crippen LogP contribution >= 0.6 is 0 Å². The summed E-state index contributed by atoms with van der Waals surface area (Å²) in [4.78, 5) is 10.4. The Morgan fingerprint density at radius 1 is 0.955 bits per heavy atom. The lowest BCUT2D eigenvalue weighted by molar-refractivity contribution is -0.137. The van der Waals surface area contributed by atoms with Crippen LogP contribution in [0.15, 0.2) is 11.8 Å². The lowest BCUT2D eigenvalue weighted by atomic mass is 9.85. The first-order valence-electron chi connectivity index (χ1n) is 8.37.